The maximum absolute atomic E-state index is 13.0. The zero-order chi connectivity index (χ0) is 22.9. The lowest BCUT2D eigenvalue weighted by atomic mass is 10.1. The second-order valence-corrected chi connectivity index (χ2v) is 8.68. The van der Waals surface area contributed by atoms with E-state index in [2.05, 4.69) is 10.3 Å². The van der Waals surface area contributed by atoms with Gasteiger partial charge in [0.1, 0.15) is 11.6 Å². The van der Waals surface area contributed by atoms with Crippen LogP contribution in [0, 0.1) is 10.1 Å². The first-order valence-corrected chi connectivity index (χ1v) is 10.4. The molecule has 1 saturated heterocycles. The van der Waals surface area contributed by atoms with E-state index in [1.54, 1.807) is 26.2 Å². The van der Waals surface area contributed by atoms with Gasteiger partial charge < -0.3 is 26.4 Å². The lowest BCUT2D eigenvalue weighted by Crippen LogP contribution is -2.53. The third-order valence-electron chi connectivity index (χ3n) is 3.80. The van der Waals surface area contributed by atoms with Gasteiger partial charge in [-0.3, -0.25) is 9.59 Å². The highest BCUT2D eigenvalue weighted by Crippen LogP contribution is 2.25. The minimum absolute atomic E-state index is 0. The van der Waals surface area contributed by atoms with E-state index < -0.39 is 40.0 Å². The molecule has 0 saturated carbocycles. The van der Waals surface area contributed by atoms with E-state index in [1.165, 1.54) is 16.7 Å². The highest BCUT2D eigenvalue weighted by atomic mass is 35.5. The van der Waals surface area contributed by atoms with E-state index >= 15 is 0 Å². The number of ether oxygens (including phenoxy) is 1. The monoisotopic (exact) mass is 483 g/mol. The van der Waals surface area contributed by atoms with Crippen molar-refractivity contribution < 1.29 is 24.2 Å². The van der Waals surface area contributed by atoms with Gasteiger partial charge in [0.2, 0.25) is 5.91 Å². The lowest BCUT2D eigenvalue weighted by molar-refractivity contribution is -0.525. The highest BCUT2D eigenvalue weighted by molar-refractivity contribution is 8.00. The van der Waals surface area contributed by atoms with Gasteiger partial charge in [-0.15, -0.1) is 24.2 Å². The van der Waals surface area contributed by atoms with E-state index in [0.717, 1.165) is 0 Å². The Morgan fingerprint density at radius 3 is 2.52 bits per heavy atom. The average Bonchev–Trinajstić information content (AvgIpc) is 3.07. The number of nitrogens with one attached hydrogen (secondary N) is 2. The summed E-state index contributed by atoms with van der Waals surface area (Å²) in [6.07, 6.45) is 0.432. The number of hydrazine groups is 1. The number of aliphatic imine (C=N–C) groups is 1. The van der Waals surface area contributed by atoms with Crippen LogP contribution in [0.15, 0.2) is 4.99 Å². The van der Waals surface area contributed by atoms with Gasteiger partial charge in [-0.25, -0.2) is 19.9 Å². The molecule has 1 rings (SSSR count). The number of guanidine groups is 1. The topological polar surface area (TPSA) is 195 Å². The Kier molecular flexibility index (Phi) is 12.0. The summed E-state index contributed by atoms with van der Waals surface area (Å²) in [6, 6.07) is -0.918. The van der Waals surface area contributed by atoms with Crippen LogP contribution in [0.5, 0.6) is 0 Å². The van der Waals surface area contributed by atoms with Gasteiger partial charge in [-0.2, -0.15) is 0 Å². The highest BCUT2D eigenvalue weighted by Gasteiger charge is 2.37. The molecule has 1 fully saturated rings. The molecule has 6 N–H and O–H groups in total. The van der Waals surface area contributed by atoms with Crippen LogP contribution in [-0.2, 0) is 14.3 Å². The van der Waals surface area contributed by atoms with Gasteiger partial charge in [-0.1, -0.05) is 5.43 Å². The van der Waals surface area contributed by atoms with Crippen molar-refractivity contribution in [3.8, 4) is 0 Å². The number of carbonyl (C=O) groups excluding carboxylic acids is 3. The molecule has 0 aromatic heterocycles. The van der Waals surface area contributed by atoms with Crippen molar-refractivity contribution in [1.82, 2.24) is 15.6 Å². The molecule has 178 valence electrons. The third kappa shape index (κ3) is 10.9. The Hall–Kier alpha value is -2.48. The summed E-state index contributed by atoms with van der Waals surface area (Å²) in [6.45, 7) is 5.64. The average molecular weight is 484 g/mol. The quantitative estimate of drug-likeness (QED) is 0.114. The van der Waals surface area contributed by atoms with Crippen LogP contribution in [0.3, 0.4) is 0 Å². The van der Waals surface area contributed by atoms with E-state index in [1.807, 2.05) is 0 Å². The van der Waals surface area contributed by atoms with Crippen molar-refractivity contribution in [2.75, 3.05) is 18.8 Å². The smallest absolute Gasteiger partial charge is 0.408 e. The largest absolute Gasteiger partial charge is 0.444 e. The second-order valence-electron chi connectivity index (χ2n) is 7.49. The number of rotatable bonds is 9. The normalized spacial score (nSPS) is 17.3. The van der Waals surface area contributed by atoms with Crippen LogP contribution in [0.25, 0.3) is 0 Å². The number of carbonyl (C=O) groups is 3. The summed E-state index contributed by atoms with van der Waals surface area (Å²) in [5.74, 6) is -0.800. The fourth-order valence-electron chi connectivity index (χ4n) is 2.63. The molecule has 0 aromatic carbocycles. The minimum atomic E-state index is -0.918. The first-order valence-electron chi connectivity index (χ1n) is 9.32. The molecule has 0 aliphatic carbocycles. The van der Waals surface area contributed by atoms with Gasteiger partial charge in [0.15, 0.2) is 10.4 Å². The summed E-state index contributed by atoms with van der Waals surface area (Å²) in [5, 5.41) is 11.2. The predicted octanol–water partition coefficient (Wildman–Crippen LogP) is -0.0454. The number of alkyl carbamates (subject to hydrolysis) is 1. The number of unbranched alkanes of at least 4 members (excludes halogenated alkanes) is 1. The summed E-state index contributed by atoms with van der Waals surface area (Å²) < 4.78 is 5.22. The summed E-state index contributed by atoms with van der Waals surface area (Å²) in [4.78, 5) is 52.2. The van der Waals surface area contributed by atoms with Crippen molar-refractivity contribution in [2.45, 2.75) is 57.1 Å². The van der Waals surface area contributed by atoms with Gasteiger partial charge >= 0.3 is 6.09 Å². The van der Waals surface area contributed by atoms with E-state index in [4.69, 9.17) is 16.2 Å². The molecule has 0 spiro atoms. The second kappa shape index (κ2) is 13.0. The summed E-state index contributed by atoms with van der Waals surface area (Å²) >= 11 is 1.27. The van der Waals surface area contributed by atoms with Crippen LogP contribution < -0.4 is 22.2 Å². The Morgan fingerprint density at radius 1 is 1.32 bits per heavy atom. The lowest BCUT2D eigenvalue weighted by Gasteiger charge is -2.28. The zero-order valence-electron chi connectivity index (χ0n) is 17.7. The SMILES string of the molecule is CC(C)(C)OC(=O)N[C@@H](CCCCN=C(N)N[N+](=O)[O-])C(=O)N1CCS[C@@H]1C(N)=O.Cl. The standard InChI is InChI=1S/C16H29N7O6S.ClH/c1-16(2,3)29-15(26)20-10(6-4-5-7-19-14(18)21-23(27)28)12(25)22-8-9-30-13(22)11(17)24;/h10,13H,4-9H2,1-3H3,(H2,17,24)(H,20,26)(H3,18,19,21);1H/t10-,13+;/m0./s1. The molecule has 15 heteroatoms. The van der Waals surface area contributed by atoms with Crippen LogP contribution in [-0.4, -0.2) is 69.7 Å². The number of nitro groups is 1. The van der Waals surface area contributed by atoms with Gasteiger partial charge in [0.25, 0.3) is 11.9 Å². The fourth-order valence-corrected chi connectivity index (χ4v) is 3.71. The molecular weight excluding hydrogens is 454 g/mol. The van der Waals surface area contributed by atoms with Crippen LogP contribution >= 0.6 is 24.2 Å². The molecule has 31 heavy (non-hydrogen) atoms. The maximum Gasteiger partial charge on any atom is 0.408 e. The number of halogens is 1. The molecule has 0 unspecified atom stereocenters. The Bertz CT molecular complexity index is 688. The number of thioether (sulfide) groups is 1. The molecule has 1 aliphatic rings. The fraction of sp³-hybridized carbons (Fsp3) is 0.750. The number of primary amides is 1. The Morgan fingerprint density at radius 2 is 1.97 bits per heavy atom. The van der Waals surface area contributed by atoms with Gasteiger partial charge in [0.05, 0.1) is 0 Å². The van der Waals surface area contributed by atoms with Gasteiger partial charge in [-0.05, 0) is 40.0 Å². The molecule has 2 atom stereocenters. The van der Waals surface area contributed by atoms with Crippen molar-refractivity contribution in [3.63, 3.8) is 0 Å². The minimum Gasteiger partial charge on any atom is -0.444 e. The van der Waals surface area contributed by atoms with Crippen molar-refractivity contribution in [3.05, 3.63) is 10.1 Å². The summed E-state index contributed by atoms with van der Waals surface area (Å²) in [5.41, 5.74) is 11.7. The number of nitrogens with zero attached hydrogens (tertiary/aromatic N) is 3. The first kappa shape index (κ1) is 28.5. The first-order chi connectivity index (χ1) is 13.9. The van der Waals surface area contributed by atoms with Gasteiger partial charge in [0, 0.05) is 18.8 Å². The molecule has 1 aliphatic heterocycles. The molecule has 0 aromatic rings. The third-order valence-corrected chi connectivity index (χ3v) is 5.02. The predicted molar refractivity (Wildman–Crippen MR) is 118 cm³/mol. The van der Waals surface area contributed by atoms with E-state index in [9.17, 15) is 24.5 Å². The number of hydrogen-bond donors (Lipinski definition) is 4. The molecular formula is C16H30ClN7O6S. The van der Waals surface area contributed by atoms with Crippen LogP contribution in [0.2, 0.25) is 0 Å². The molecule has 1 heterocycles. The molecule has 13 nitrogen and oxygen atoms in total. The maximum atomic E-state index is 13.0. The molecule has 3 amide bonds. The Labute approximate surface area is 190 Å². The van der Waals surface area contributed by atoms with E-state index in [-0.39, 0.29) is 31.3 Å². The van der Waals surface area contributed by atoms with Crippen LogP contribution in [0.1, 0.15) is 40.0 Å². The Balaban J connectivity index is 0.00000900. The zero-order valence-corrected chi connectivity index (χ0v) is 19.3. The number of hydrogen-bond acceptors (Lipinski definition) is 8. The molecule has 0 radical (unpaired) electrons. The molecule has 0 bridgehead atoms. The van der Waals surface area contributed by atoms with Crippen LogP contribution in [0.4, 0.5) is 4.79 Å². The van der Waals surface area contributed by atoms with Crippen molar-refractivity contribution in [1.29, 1.82) is 0 Å². The number of nitrogens with two attached hydrogens (primary N) is 2. The van der Waals surface area contributed by atoms with Crippen molar-refractivity contribution >= 4 is 48.0 Å². The summed E-state index contributed by atoms with van der Waals surface area (Å²) in [7, 11) is 0. The number of amides is 3. The van der Waals surface area contributed by atoms with Crippen molar-refractivity contribution in [2.24, 2.45) is 16.5 Å². The van der Waals surface area contributed by atoms with E-state index in [0.29, 0.717) is 25.1 Å².